The van der Waals surface area contributed by atoms with Crippen molar-refractivity contribution in [3.05, 3.63) is 29.8 Å². The van der Waals surface area contributed by atoms with Crippen molar-refractivity contribution in [1.82, 2.24) is 10.0 Å². The summed E-state index contributed by atoms with van der Waals surface area (Å²) in [6, 6.07) is 6.97. The lowest BCUT2D eigenvalue weighted by molar-refractivity contribution is 0.577. The predicted octanol–water partition coefficient (Wildman–Crippen LogP) is 1.40. The van der Waals surface area contributed by atoms with E-state index in [4.69, 9.17) is 0 Å². The zero-order valence-corrected chi connectivity index (χ0v) is 14.6. The van der Waals surface area contributed by atoms with Gasteiger partial charge in [-0.3, -0.25) is 4.21 Å². The molecule has 0 saturated carbocycles. The number of nitrogens with one attached hydrogen (secondary N) is 2. The van der Waals surface area contributed by atoms with E-state index in [1.807, 2.05) is 27.0 Å². The molecule has 3 unspecified atom stereocenters. The minimum Gasteiger partial charge on any atom is -0.313 e. The second-order valence-electron chi connectivity index (χ2n) is 5.08. The highest BCUT2D eigenvalue weighted by Gasteiger charge is 2.16. The van der Waals surface area contributed by atoms with E-state index in [1.165, 1.54) is 0 Å². The van der Waals surface area contributed by atoms with Crippen LogP contribution in [0.1, 0.15) is 31.9 Å². The highest BCUT2D eigenvalue weighted by atomic mass is 32.2. The minimum absolute atomic E-state index is 0.0247. The second-order valence-corrected chi connectivity index (χ2v) is 8.65. The lowest BCUT2D eigenvalue weighted by Crippen LogP contribution is -2.28. The van der Waals surface area contributed by atoms with Crippen molar-refractivity contribution < 1.29 is 12.6 Å². The summed E-state index contributed by atoms with van der Waals surface area (Å²) < 4.78 is 38.3. The van der Waals surface area contributed by atoms with Gasteiger partial charge in [0.2, 0.25) is 10.0 Å². The van der Waals surface area contributed by atoms with E-state index in [2.05, 4.69) is 10.0 Å². The molecule has 0 aliphatic rings. The smallest absolute Gasteiger partial charge is 0.240 e. The van der Waals surface area contributed by atoms with E-state index in [1.54, 1.807) is 24.5 Å². The summed E-state index contributed by atoms with van der Waals surface area (Å²) in [7, 11) is -2.63. The summed E-state index contributed by atoms with van der Waals surface area (Å²) in [4.78, 5) is 0.257. The Kier molecular flexibility index (Phi) is 6.99. The van der Waals surface area contributed by atoms with E-state index in [-0.39, 0.29) is 22.7 Å². The Labute approximate surface area is 130 Å². The van der Waals surface area contributed by atoms with Gasteiger partial charge in [-0.25, -0.2) is 13.1 Å². The molecule has 0 heterocycles. The molecule has 7 heteroatoms. The molecule has 0 amide bonds. The highest BCUT2D eigenvalue weighted by molar-refractivity contribution is 7.89. The van der Waals surface area contributed by atoms with Crippen LogP contribution in [0.3, 0.4) is 0 Å². The van der Waals surface area contributed by atoms with Gasteiger partial charge in [-0.2, -0.15) is 0 Å². The van der Waals surface area contributed by atoms with Gasteiger partial charge in [-0.05, 0) is 38.1 Å². The summed E-state index contributed by atoms with van der Waals surface area (Å²) >= 11 is 0. The molecule has 2 N–H and O–H groups in total. The maximum Gasteiger partial charge on any atom is 0.240 e. The Balaban J connectivity index is 2.77. The first-order valence-electron chi connectivity index (χ1n) is 6.87. The predicted molar refractivity (Wildman–Crippen MR) is 87.3 cm³/mol. The van der Waals surface area contributed by atoms with Crippen molar-refractivity contribution in [2.24, 2.45) is 0 Å². The normalized spacial score (nSPS) is 16.4. The monoisotopic (exact) mass is 332 g/mol. The van der Waals surface area contributed by atoms with Crippen LogP contribution in [0.25, 0.3) is 0 Å². The van der Waals surface area contributed by atoms with Crippen LogP contribution < -0.4 is 10.0 Å². The van der Waals surface area contributed by atoms with Crippen molar-refractivity contribution in [2.45, 2.75) is 36.5 Å². The zero-order chi connectivity index (χ0) is 16.0. The van der Waals surface area contributed by atoms with Gasteiger partial charge in [0, 0.05) is 34.9 Å². The fourth-order valence-electron chi connectivity index (χ4n) is 1.76. The summed E-state index contributed by atoms with van der Waals surface area (Å²) in [5.41, 5.74) is 0.920. The van der Waals surface area contributed by atoms with Gasteiger partial charge in [0.25, 0.3) is 0 Å². The zero-order valence-electron chi connectivity index (χ0n) is 12.9. The number of hydrogen-bond acceptors (Lipinski definition) is 4. The van der Waals surface area contributed by atoms with Crippen LogP contribution in [0.5, 0.6) is 0 Å². The van der Waals surface area contributed by atoms with Crippen molar-refractivity contribution in [2.75, 3.05) is 19.8 Å². The van der Waals surface area contributed by atoms with Gasteiger partial charge in [0.05, 0.1) is 4.90 Å². The largest absolute Gasteiger partial charge is 0.313 e. The summed E-state index contributed by atoms with van der Waals surface area (Å²) in [6.45, 7) is 4.10. The van der Waals surface area contributed by atoms with Gasteiger partial charge in [0.1, 0.15) is 0 Å². The lowest BCUT2D eigenvalue weighted by atomic mass is 10.1. The lowest BCUT2D eigenvalue weighted by Gasteiger charge is -2.13. The number of hydrogen-bond donors (Lipinski definition) is 2. The molecule has 0 saturated heterocycles. The molecule has 0 radical (unpaired) electrons. The molecule has 1 aromatic carbocycles. The Bertz CT molecular complexity index is 588. The SMILES string of the molecule is CNC(C)c1cccc(S(=O)(=O)NCCC(C)S(C)=O)c1. The molecular formula is C14H24N2O3S2. The first-order valence-corrected chi connectivity index (χ1v) is 9.97. The fourth-order valence-corrected chi connectivity index (χ4v) is 3.32. The molecule has 120 valence electrons. The molecule has 0 spiro atoms. The Morgan fingerprint density at radius 1 is 1.29 bits per heavy atom. The third-order valence-electron chi connectivity index (χ3n) is 3.51. The molecule has 21 heavy (non-hydrogen) atoms. The van der Waals surface area contributed by atoms with Gasteiger partial charge >= 0.3 is 0 Å². The summed E-state index contributed by atoms with van der Waals surface area (Å²) in [5.74, 6) is 0. The van der Waals surface area contributed by atoms with Crippen molar-refractivity contribution in [3.8, 4) is 0 Å². The van der Waals surface area contributed by atoms with Gasteiger partial charge in [0.15, 0.2) is 0 Å². The highest BCUT2D eigenvalue weighted by Crippen LogP contribution is 2.17. The average molecular weight is 332 g/mol. The molecule has 1 rings (SSSR count). The molecule has 0 aliphatic heterocycles. The van der Waals surface area contributed by atoms with Crippen molar-refractivity contribution in [1.29, 1.82) is 0 Å². The summed E-state index contributed by atoms with van der Waals surface area (Å²) in [5, 5.41) is 3.06. The standard InChI is InChI=1S/C14H24N2O3S2/c1-11(20(4)17)8-9-16-21(18,19)14-7-5-6-13(10-14)12(2)15-3/h5-7,10-12,15-16H,8-9H2,1-4H3. The molecule has 5 nitrogen and oxygen atoms in total. The third kappa shape index (κ3) is 5.50. The van der Waals surface area contributed by atoms with Gasteiger partial charge in [-0.15, -0.1) is 0 Å². The molecular weight excluding hydrogens is 308 g/mol. The van der Waals surface area contributed by atoms with Crippen LogP contribution >= 0.6 is 0 Å². The molecule has 1 aromatic rings. The van der Waals surface area contributed by atoms with Crippen LogP contribution in [-0.2, 0) is 20.8 Å². The number of benzene rings is 1. The quantitative estimate of drug-likeness (QED) is 0.754. The molecule has 3 atom stereocenters. The van der Waals surface area contributed by atoms with E-state index in [0.717, 1.165) is 5.56 Å². The maximum atomic E-state index is 12.2. The van der Waals surface area contributed by atoms with E-state index >= 15 is 0 Å². The van der Waals surface area contributed by atoms with Crippen LogP contribution in [0, 0.1) is 0 Å². The first kappa shape index (κ1) is 18.3. The van der Waals surface area contributed by atoms with Crippen LogP contribution in [-0.4, -0.2) is 37.7 Å². The number of sulfonamides is 1. The van der Waals surface area contributed by atoms with E-state index in [0.29, 0.717) is 6.42 Å². The Morgan fingerprint density at radius 3 is 2.52 bits per heavy atom. The number of rotatable bonds is 8. The first-order chi connectivity index (χ1) is 9.77. The van der Waals surface area contributed by atoms with Gasteiger partial charge < -0.3 is 5.32 Å². The fraction of sp³-hybridized carbons (Fsp3) is 0.571. The molecule has 0 bridgehead atoms. The molecule has 0 aliphatic carbocycles. The van der Waals surface area contributed by atoms with Crippen LogP contribution in [0.2, 0.25) is 0 Å². The maximum absolute atomic E-state index is 12.2. The Hall–Kier alpha value is -0.760. The Morgan fingerprint density at radius 2 is 1.95 bits per heavy atom. The summed E-state index contributed by atoms with van der Waals surface area (Å²) in [6.07, 6.45) is 2.18. The van der Waals surface area contributed by atoms with Gasteiger partial charge in [-0.1, -0.05) is 19.1 Å². The average Bonchev–Trinajstić information content (AvgIpc) is 2.46. The molecule has 0 fully saturated rings. The minimum atomic E-state index is -3.52. The van der Waals surface area contributed by atoms with Crippen molar-refractivity contribution in [3.63, 3.8) is 0 Å². The van der Waals surface area contributed by atoms with Crippen molar-refractivity contribution >= 4 is 20.8 Å². The molecule has 0 aromatic heterocycles. The second kappa shape index (κ2) is 8.03. The van der Waals surface area contributed by atoms with Crippen LogP contribution in [0.15, 0.2) is 29.2 Å². The van der Waals surface area contributed by atoms with E-state index < -0.39 is 20.8 Å². The topological polar surface area (TPSA) is 75.3 Å². The third-order valence-corrected chi connectivity index (χ3v) is 6.34. The van der Waals surface area contributed by atoms with E-state index in [9.17, 15) is 12.6 Å². The van der Waals surface area contributed by atoms with Crippen LogP contribution in [0.4, 0.5) is 0 Å².